The van der Waals surface area contributed by atoms with Crippen molar-refractivity contribution in [2.24, 2.45) is 0 Å². The minimum atomic E-state index is -4.39. The van der Waals surface area contributed by atoms with Crippen molar-refractivity contribution in [1.82, 2.24) is 4.90 Å². The summed E-state index contributed by atoms with van der Waals surface area (Å²) >= 11 is 0. The van der Waals surface area contributed by atoms with Crippen molar-refractivity contribution >= 4 is 6.09 Å². The van der Waals surface area contributed by atoms with Crippen LogP contribution in [0.3, 0.4) is 0 Å². The Bertz CT molecular complexity index is 742. The van der Waals surface area contributed by atoms with E-state index >= 15 is 0 Å². The van der Waals surface area contributed by atoms with E-state index in [2.05, 4.69) is 0 Å². The molecule has 0 spiro atoms. The Morgan fingerprint density at radius 3 is 2.32 bits per heavy atom. The van der Waals surface area contributed by atoms with Gasteiger partial charge in [-0.2, -0.15) is 13.2 Å². The van der Waals surface area contributed by atoms with Crippen molar-refractivity contribution in [1.29, 1.82) is 0 Å². The molecule has 0 bridgehead atoms. The molecular weight excluding hydrogens is 335 g/mol. The average molecular weight is 351 g/mol. The minimum Gasteiger partial charge on any atom is -0.497 e. The lowest BCUT2D eigenvalue weighted by Gasteiger charge is -2.22. The molecule has 0 unspecified atom stereocenters. The van der Waals surface area contributed by atoms with Gasteiger partial charge in [0.2, 0.25) is 0 Å². The number of halogens is 3. The van der Waals surface area contributed by atoms with Crippen LogP contribution >= 0.6 is 0 Å². The molecule has 1 atom stereocenters. The number of cyclic esters (lactones) is 1. The Morgan fingerprint density at radius 2 is 1.76 bits per heavy atom. The van der Waals surface area contributed by atoms with E-state index in [0.29, 0.717) is 17.9 Å². The van der Waals surface area contributed by atoms with Crippen LogP contribution in [0.2, 0.25) is 0 Å². The molecular formula is C18H16F3NO3. The topological polar surface area (TPSA) is 38.8 Å². The summed E-state index contributed by atoms with van der Waals surface area (Å²) in [6.45, 7) is 0.412. The summed E-state index contributed by atoms with van der Waals surface area (Å²) in [5.41, 5.74) is 0.757. The molecule has 1 amide bonds. The second kappa shape index (κ2) is 6.66. The van der Waals surface area contributed by atoms with Crippen LogP contribution in [0.1, 0.15) is 22.7 Å². The second-order valence-corrected chi connectivity index (χ2v) is 5.69. The SMILES string of the molecule is COc1ccc(CN2C(=O)OC[C@H]2c2ccc(C(F)(F)F)cc2)cc1. The fourth-order valence-corrected chi connectivity index (χ4v) is 2.72. The Hall–Kier alpha value is -2.70. The molecule has 0 N–H and O–H groups in total. The molecule has 0 aliphatic carbocycles. The van der Waals surface area contributed by atoms with E-state index in [-0.39, 0.29) is 6.61 Å². The highest BCUT2D eigenvalue weighted by molar-refractivity contribution is 5.70. The van der Waals surface area contributed by atoms with Crippen LogP contribution < -0.4 is 4.74 Å². The number of alkyl halides is 3. The summed E-state index contributed by atoms with van der Waals surface area (Å²) in [5.74, 6) is 0.701. The van der Waals surface area contributed by atoms with Crippen molar-refractivity contribution in [2.75, 3.05) is 13.7 Å². The van der Waals surface area contributed by atoms with E-state index in [4.69, 9.17) is 9.47 Å². The number of methoxy groups -OCH3 is 1. The van der Waals surface area contributed by atoms with Gasteiger partial charge < -0.3 is 9.47 Å². The van der Waals surface area contributed by atoms with Gasteiger partial charge >= 0.3 is 12.3 Å². The number of hydrogen-bond acceptors (Lipinski definition) is 3. The van der Waals surface area contributed by atoms with Gasteiger partial charge in [0.1, 0.15) is 12.4 Å². The third-order valence-corrected chi connectivity index (χ3v) is 4.11. The predicted octanol–water partition coefficient (Wildman–Crippen LogP) is 4.41. The summed E-state index contributed by atoms with van der Waals surface area (Å²) in [6, 6.07) is 11.6. The number of carbonyl (C=O) groups is 1. The third kappa shape index (κ3) is 3.70. The van der Waals surface area contributed by atoms with Crippen LogP contribution in [0, 0.1) is 0 Å². The Morgan fingerprint density at radius 1 is 1.12 bits per heavy atom. The predicted molar refractivity (Wildman–Crippen MR) is 84.1 cm³/mol. The zero-order chi connectivity index (χ0) is 18.0. The van der Waals surface area contributed by atoms with Gasteiger partial charge in [0.05, 0.1) is 18.7 Å². The van der Waals surface area contributed by atoms with Crippen molar-refractivity contribution in [3.05, 3.63) is 65.2 Å². The van der Waals surface area contributed by atoms with E-state index in [1.54, 1.807) is 19.2 Å². The van der Waals surface area contributed by atoms with Crippen molar-refractivity contribution in [2.45, 2.75) is 18.8 Å². The highest BCUT2D eigenvalue weighted by atomic mass is 19.4. The quantitative estimate of drug-likeness (QED) is 0.819. The lowest BCUT2D eigenvalue weighted by Crippen LogP contribution is -2.27. The number of benzene rings is 2. The molecule has 25 heavy (non-hydrogen) atoms. The van der Waals surface area contributed by atoms with Crippen LogP contribution in [0.15, 0.2) is 48.5 Å². The Labute approximate surface area is 142 Å². The first-order chi connectivity index (χ1) is 11.9. The molecule has 1 fully saturated rings. The van der Waals surface area contributed by atoms with Gasteiger partial charge in [-0.15, -0.1) is 0 Å². The van der Waals surface area contributed by atoms with E-state index in [0.717, 1.165) is 17.7 Å². The normalized spacial score (nSPS) is 17.5. The molecule has 1 aliphatic rings. The molecule has 132 valence electrons. The monoisotopic (exact) mass is 351 g/mol. The average Bonchev–Trinajstić information content (AvgIpc) is 2.96. The lowest BCUT2D eigenvalue weighted by atomic mass is 10.0. The highest BCUT2D eigenvalue weighted by Crippen LogP contribution is 2.33. The van der Waals surface area contributed by atoms with Gasteiger partial charge in [-0.1, -0.05) is 24.3 Å². The summed E-state index contributed by atoms with van der Waals surface area (Å²) < 4.78 is 48.2. The van der Waals surface area contributed by atoms with Gasteiger partial charge in [-0.3, -0.25) is 4.90 Å². The molecule has 3 rings (SSSR count). The zero-order valence-corrected chi connectivity index (χ0v) is 13.4. The molecule has 0 saturated carbocycles. The largest absolute Gasteiger partial charge is 0.497 e. The number of ether oxygens (including phenoxy) is 2. The summed E-state index contributed by atoms with van der Waals surface area (Å²) in [7, 11) is 1.56. The van der Waals surface area contributed by atoms with Crippen molar-refractivity contribution in [3.63, 3.8) is 0 Å². The van der Waals surface area contributed by atoms with Crippen LogP contribution in [0.4, 0.5) is 18.0 Å². The number of carbonyl (C=O) groups excluding carboxylic acids is 1. The van der Waals surface area contributed by atoms with E-state index < -0.39 is 23.9 Å². The number of amides is 1. The molecule has 0 aromatic heterocycles. The van der Waals surface area contributed by atoms with Gasteiger partial charge in [-0.05, 0) is 35.4 Å². The Kier molecular flexibility index (Phi) is 4.57. The van der Waals surface area contributed by atoms with Crippen LogP contribution in [0.5, 0.6) is 5.75 Å². The third-order valence-electron chi connectivity index (χ3n) is 4.11. The van der Waals surface area contributed by atoms with Crippen LogP contribution in [-0.2, 0) is 17.5 Å². The number of hydrogen-bond donors (Lipinski definition) is 0. The first kappa shape index (κ1) is 17.1. The Balaban J connectivity index is 1.79. The molecule has 7 heteroatoms. The van der Waals surface area contributed by atoms with E-state index in [1.165, 1.54) is 17.0 Å². The molecule has 4 nitrogen and oxygen atoms in total. The van der Waals surface area contributed by atoms with E-state index in [9.17, 15) is 18.0 Å². The van der Waals surface area contributed by atoms with Gasteiger partial charge in [-0.25, -0.2) is 4.79 Å². The number of rotatable bonds is 4. The second-order valence-electron chi connectivity index (χ2n) is 5.69. The molecule has 1 heterocycles. The van der Waals surface area contributed by atoms with Crippen LogP contribution in [0.25, 0.3) is 0 Å². The summed E-state index contributed by atoms with van der Waals surface area (Å²) in [5, 5.41) is 0. The molecule has 1 saturated heterocycles. The summed E-state index contributed by atoms with van der Waals surface area (Å²) in [4.78, 5) is 13.5. The smallest absolute Gasteiger partial charge is 0.416 e. The van der Waals surface area contributed by atoms with Gasteiger partial charge in [0.15, 0.2) is 0 Å². The minimum absolute atomic E-state index is 0.111. The van der Waals surface area contributed by atoms with E-state index in [1.807, 2.05) is 12.1 Å². The molecule has 1 aliphatic heterocycles. The zero-order valence-electron chi connectivity index (χ0n) is 13.4. The standard InChI is InChI=1S/C18H16F3NO3/c1-24-15-8-2-12(3-9-15)10-22-16(11-25-17(22)23)13-4-6-14(7-5-13)18(19,20)21/h2-9,16H,10-11H2,1H3/t16-/m0/s1. The van der Waals surface area contributed by atoms with Crippen molar-refractivity contribution in [3.8, 4) is 5.75 Å². The fourth-order valence-electron chi connectivity index (χ4n) is 2.72. The highest BCUT2D eigenvalue weighted by Gasteiger charge is 2.35. The summed E-state index contributed by atoms with van der Waals surface area (Å²) in [6.07, 6.45) is -4.87. The maximum absolute atomic E-state index is 12.7. The maximum Gasteiger partial charge on any atom is 0.416 e. The molecule has 0 radical (unpaired) electrons. The van der Waals surface area contributed by atoms with Gasteiger partial charge in [0, 0.05) is 6.54 Å². The molecule has 2 aromatic carbocycles. The first-order valence-corrected chi connectivity index (χ1v) is 7.62. The number of nitrogens with zero attached hydrogens (tertiary/aromatic N) is 1. The maximum atomic E-state index is 12.7. The lowest BCUT2D eigenvalue weighted by molar-refractivity contribution is -0.137. The van der Waals surface area contributed by atoms with Crippen molar-refractivity contribution < 1.29 is 27.4 Å². The first-order valence-electron chi connectivity index (χ1n) is 7.62. The molecule has 2 aromatic rings. The van der Waals surface area contributed by atoms with Crippen LogP contribution in [-0.4, -0.2) is 24.7 Å². The fraction of sp³-hybridized carbons (Fsp3) is 0.278. The van der Waals surface area contributed by atoms with Gasteiger partial charge in [0.25, 0.3) is 0 Å².